The molecule has 0 spiro atoms. The van der Waals surface area contributed by atoms with Crippen molar-refractivity contribution in [1.82, 2.24) is 10.9 Å². The van der Waals surface area contributed by atoms with Gasteiger partial charge in [-0.2, -0.15) is 5.26 Å². The zero-order chi connectivity index (χ0) is 13.1. The van der Waals surface area contributed by atoms with Crippen LogP contribution in [0.3, 0.4) is 0 Å². The fourth-order valence-corrected chi connectivity index (χ4v) is 3.00. The highest BCUT2D eigenvalue weighted by Crippen LogP contribution is 2.43. The zero-order valence-corrected chi connectivity index (χ0v) is 11.0. The topological polar surface area (TPSA) is 74.2 Å². The van der Waals surface area contributed by atoms with Crippen LogP contribution in [0, 0.1) is 22.7 Å². The molecule has 1 amide bonds. The molecule has 17 heavy (non-hydrogen) atoms. The van der Waals surface area contributed by atoms with E-state index in [1.807, 2.05) is 0 Å². The molecule has 1 saturated carbocycles. The van der Waals surface area contributed by atoms with Crippen LogP contribution in [0.1, 0.15) is 40.0 Å². The molecule has 0 radical (unpaired) electrons. The molecule has 1 aliphatic rings. The first kappa shape index (κ1) is 13.8. The summed E-state index contributed by atoms with van der Waals surface area (Å²) in [6.07, 6.45) is 1.97. The van der Waals surface area contributed by atoms with E-state index in [4.69, 9.17) is 0 Å². The molecular formula is C12H21N3O2. The summed E-state index contributed by atoms with van der Waals surface area (Å²) in [6, 6.07) is 2.30. The lowest BCUT2D eigenvalue weighted by Crippen LogP contribution is -2.58. The maximum absolute atomic E-state index is 11.1. The van der Waals surface area contributed by atoms with Gasteiger partial charge >= 0.3 is 6.09 Å². The number of rotatable bonds is 2. The van der Waals surface area contributed by atoms with Crippen molar-refractivity contribution >= 4 is 6.09 Å². The smallest absolute Gasteiger partial charge is 0.421 e. The second-order valence-corrected chi connectivity index (χ2v) is 5.79. The number of carbonyl (C=O) groups excluding carboxylic acids is 1. The third kappa shape index (κ3) is 3.60. The highest BCUT2D eigenvalue weighted by molar-refractivity contribution is 5.66. The van der Waals surface area contributed by atoms with Crippen molar-refractivity contribution < 1.29 is 9.53 Å². The van der Waals surface area contributed by atoms with Crippen LogP contribution in [0.5, 0.6) is 0 Å². The molecule has 0 aromatic carbocycles. The number of nitrogens with one attached hydrogen (secondary N) is 2. The highest BCUT2D eigenvalue weighted by atomic mass is 16.5. The predicted molar refractivity (Wildman–Crippen MR) is 63.8 cm³/mol. The summed E-state index contributed by atoms with van der Waals surface area (Å²) in [5.74, 6) is 0.449. The van der Waals surface area contributed by atoms with Crippen molar-refractivity contribution in [3.05, 3.63) is 0 Å². The molecule has 1 fully saturated rings. The maximum atomic E-state index is 11.1. The largest absolute Gasteiger partial charge is 0.452 e. The van der Waals surface area contributed by atoms with Crippen LogP contribution >= 0.6 is 0 Å². The minimum atomic E-state index is -0.699. The van der Waals surface area contributed by atoms with Crippen molar-refractivity contribution in [2.45, 2.75) is 45.6 Å². The first-order valence-electron chi connectivity index (χ1n) is 5.85. The van der Waals surface area contributed by atoms with E-state index < -0.39 is 11.6 Å². The van der Waals surface area contributed by atoms with E-state index in [1.54, 1.807) is 0 Å². The third-order valence-electron chi connectivity index (χ3n) is 3.18. The van der Waals surface area contributed by atoms with E-state index >= 15 is 0 Å². The number of hydrazine groups is 1. The number of carbonyl (C=O) groups is 1. The van der Waals surface area contributed by atoms with Gasteiger partial charge in [-0.25, -0.2) is 10.2 Å². The van der Waals surface area contributed by atoms with E-state index in [9.17, 15) is 10.1 Å². The third-order valence-corrected chi connectivity index (χ3v) is 3.18. The molecule has 2 N–H and O–H groups in total. The average Bonchev–Trinajstić information content (AvgIpc) is 2.23. The van der Waals surface area contributed by atoms with Crippen LogP contribution < -0.4 is 10.9 Å². The van der Waals surface area contributed by atoms with Gasteiger partial charge in [0.25, 0.3) is 0 Å². The monoisotopic (exact) mass is 239 g/mol. The fraction of sp³-hybridized carbons (Fsp3) is 0.833. The molecule has 0 bridgehead atoms. The molecule has 0 aromatic rings. The van der Waals surface area contributed by atoms with E-state index in [0.717, 1.165) is 12.8 Å². The molecule has 0 aliphatic heterocycles. The van der Waals surface area contributed by atoms with Crippen LogP contribution in [-0.2, 0) is 4.74 Å². The van der Waals surface area contributed by atoms with Gasteiger partial charge in [-0.3, -0.25) is 5.43 Å². The molecule has 2 atom stereocenters. The number of hydrogen-bond donors (Lipinski definition) is 2. The standard InChI is InChI=1S/C12H21N3O2/c1-9-5-11(2,3)7-12(6-9,8-13)15-14-10(16)17-4/h9,15H,5-7H2,1-4H3,(H,14,16). The summed E-state index contributed by atoms with van der Waals surface area (Å²) >= 11 is 0. The Morgan fingerprint density at radius 2 is 2.12 bits per heavy atom. The lowest BCUT2D eigenvalue weighted by Gasteiger charge is -2.43. The van der Waals surface area contributed by atoms with Crippen LogP contribution in [0.25, 0.3) is 0 Å². The summed E-state index contributed by atoms with van der Waals surface area (Å²) in [7, 11) is 1.30. The Balaban J connectivity index is 2.74. The summed E-state index contributed by atoms with van der Waals surface area (Å²) in [4.78, 5) is 11.1. The first-order chi connectivity index (χ1) is 7.82. The van der Waals surface area contributed by atoms with Gasteiger partial charge in [0.2, 0.25) is 0 Å². The first-order valence-corrected chi connectivity index (χ1v) is 5.85. The van der Waals surface area contributed by atoms with Crippen LogP contribution in [0.15, 0.2) is 0 Å². The number of nitrogens with zero attached hydrogens (tertiary/aromatic N) is 1. The number of nitriles is 1. The molecule has 1 rings (SSSR count). The van der Waals surface area contributed by atoms with E-state index in [1.165, 1.54) is 7.11 Å². The van der Waals surface area contributed by atoms with Crippen molar-refractivity contribution in [2.75, 3.05) is 7.11 Å². The fourth-order valence-electron chi connectivity index (χ4n) is 3.00. The minimum Gasteiger partial charge on any atom is -0.452 e. The molecule has 5 heteroatoms. The average molecular weight is 239 g/mol. The number of amides is 1. The minimum absolute atomic E-state index is 0.0954. The summed E-state index contributed by atoms with van der Waals surface area (Å²) in [6.45, 7) is 6.43. The molecule has 0 saturated heterocycles. The second kappa shape index (κ2) is 4.92. The van der Waals surface area contributed by atoms with Gasteiger partial charge < -0.3 is 4.74 Å². The Morgan fingerprint density at radius 3 is 2.59 bits per heavy atom. The Hall–Kier alpha value is -1.28. The van der Waals surface area contributed by atoms with Gasteiger partial charge in [-0.05, 0) is 30.6 Å². The Kier molecular flexibility index (Phi) is 3.99. The predicted octanol–water partition coefficient (Wildman–Crippen LogP) is 1.96. The van der Waals surface area contributed by atoms with Crippen molar-refractivity contribution in [3.8, 4) is 6.07 Å². The quantitative estimate of drug-likeness (QED) is 0.722. The van der Waals surface area contributed by atoms with Gasteiger partial charge in [0.1, 0.15) is 5.54 Å². The summed E-state index contributed by atoms with van der Waals surface area (Å²) in [5, 5.41) is 9.37. The van der Waals surface area contributed by atoms with Gasteiger partial charge in [0.15, 0.2) is 0 Å². The van der Waals surface area contributed by atoms with Crippen molar-refractivity contribution in [1.29, 1.82) is 5.26 Å². The van der Waals surface area contributed by atoms with Gasteiger partial charge in [0.05, 0.1) is 13.2 Å². The molecule has 96 valence electrons. The number of methoxy groups -OCH3 is 1. The van der Waals surface area contributed by atoms with Gasteiger partial charge in [-0.15, -0.1) is 0 Å². The van der Waals surface area contributed by atoms with Crippen LogP contribution in [0.4, 0.5) is 4.79 Å². The molecule has 2 unspecified atom stereocenters. The maximum Gasteiger partial charge on any atom is 0.421 e. The normalized spacial score (nSPS) is 31.4. The number of ether oxygens (including phenoxy) is 1. The lowest BCUT2D eigenvalue weighted by atomic mass is 9.65. The second-order valence-electron chi connectivity index (χ2n) is 5.79. The molecule has 5 nitrogen and oxygen atoms in total. The number of hydrogen-bond acceptors (Lipinski definition) is 4. The van der Waals surface area contributed by atoms with Gasteiger partial charge in [0, 0.05) is 0 Å². The SMILES string of the molecule is COC(=O)NNC1(C#N)CC(C)CC(C)(C)C1. The highest BCUT2D eigenvalue weighted by Gasteiger charge is 2.43. The molecule has 0 aromatic heterocycles. The van der Waals surface area contributed by atoms with E-state index in [0.29, 0.717) is 12.3 Å². The van der Waals surface area contributed by atoms with E-state index in [2.05, 4.69) is 42.4 Å². The summed E-state index contributed by atoms with van der Waals surface area (Å²) in [5.41, 5.74) is 4.65. The zero-order valence-electron chi connectivity index (χ0n) is 11.0. The molecular weight excluding hydrogens is 218 g/mol. The Morgan fingerprint density at radius 1 is 1.47 bits per heavy atom. The van der Waals surface area contributed by atoms with Crippen molar-refractivity contribution in [2.24, 2.45) is 11.3 Å². The molecule has 1 aliphatic carbocycles. The summed E-state index contributed by atoms with van der Waals surface area (Å²) < 4.78 is 4.49. The Labute approximate surface area is 102 Å². The van der Waals surface area contributed by atoms with Crippen LogP contribution in [0.2, 0.25) is 0 Å². The van der Waals surface area contributed by atoms with E-state index in [-0.39, 0.29) is 5.41 Å². The lowest BCUT2D eigenvalue weighted by molar-refractivity contribution is 0.0982. The molecule has 0 heterocycles. The Bertz CT molecular complexity index is 335. The van der Waals surface area contributed by atoms with Crippen LogP contribution in [-0.4, -0.2) is 18.7 Å². The van der Waals surface area contributed by atoms with Gasteiger partial charge in [-0.1, -0.05) is 20.8 Å². The van der Waals surface area contributed by atoms with Crippen molar-refractivity contribution in [3.63, 3.8) is 0 Å².